The fourth-order valence-corrected chi connectivity index (χ4v) is 5.34. The van der Waals surface area contributed by atoms with Gasteiger partial charge in [0.1, 0.15) is 0 Å². The molecule has 0 aliphatic rings. The van der Waals surface area contributed by atoms with E-state index in [0.29, 0.717) is 11.4 Å². The first-order chi connectivity index (χ1) is 7.97. The first kappa shape index (κ1) is 15.2. The highest BCUT2D eigenvalue weighted by atomic mass is 79.9. The van der Waals surface area contributed by atoms with Gasteiger partial charge in [0.25, 0.3) is 0 Å². The van der Waals surface area contributed by atoms with E-state index in [9.17, 15) is 8.42 Å². The van der Waals surface area contributed by atoms with Crippen molar-refractivity contribution in [1.82, 2.24) is 4.72 Å². The number of halogens is 1. The monoisotopic (exact) mass is 355 g/mol. The molecule has 0 aliphatic heterocycles. The number of sulfonamides is 1. The van der Waals surface area contributed by atoms with Gasteiger partial charge in [-0.1, -0.05) is 6.08 Å². The summed E-state index contributed by atoms with van der Waals surface area (Å²) in [6.45, 7) is 5.85. The summed E-state index contributed by atoms with van der Waals surface area (Å²) in [7, 11) is -3.37. The van der Waals surface area contributed by atoms with Crippen molar-refractivity contribution < 1.29 is 8.42 Å². The van der Waals surface area contributed by atoms with Crippen LogP contribution in [0.25, 0.3) is 0 Å². The van der Waals surface area contributed by atoms with Gasteiger partial charge in [0.05, 0.1) is 8.68 Å². The van der Waals surface area contributed by atoms with Crippen LogP contribution in [-0.4, -0.2) is 26.5 Å². The van der Waals surface area contributed by atoms with Crippen molar-refractivity contribution in [2.75, 3.05) is 18.1 Å². The summed E-state index contributed by atoms with van der Waals surface area (Å²) in [5.74, 6) is 1.58. The molecular weight excluding hydrogens is 342 g/mol. The topological polar surface area (TPSA) is 46.2 Å². The van der Waals surface area contributed by atoms with E-state index in [-0.39, 0.29) is 0 Å². The molecule has 0 bridgehead atoms. The maximum absolute atomic E-state index is 11.9. The van der Waals surface area contributed by atoms with Crippen LogP contribution in [0.2, 0.25) is 0 Å². The molecule has 96 valence electrons. The lowest BCUT2D eigenvalue weighted by atomic mass is 10.5. The van der Waals surface area contributed by atoms with Gasteiger partial charge in [-0.2, -0.15) is 11.8 Å². The fourth-order valence-electron chi connectivity index (χ4n) is 1.19. The van der Waals surface area contributed by atoms with E-state index in [1.165, 1.54) is 11.3 Å². The Balaban J connectivity index is 2.57. The van der Waals surface area contributed by atoms with E-state index >= 15 is 0 Å². The SMILES string of the molecule is C=CCSCCNS(=O)(=O)c1cc(Br)sc1C. The van der Waals surface area contributed by atoms with Gasteiger partial charge in [-0.15, -0.1) is 17.9 Å². The molecule has 3 nitrogen and oxygen atoms in total. The van der Waals surface area contributed by atoms with Gasteiger partial charge in [-0.25, -0.2) is 13.1 Å². The Morgan fingerprint density at radius 2 is 2.35 bits per heavy atom. The van der Waals surface area contributed by atoms with Crippen molar-refractivity contribution in [2.45, 2.75) is 11.8 Å². The third-order valence-electron chi connectivity index (χ3n) is 1.91. The van der Waals surface area contributed by atoms with Crippen LogP contribution in [0.15, 0.2) is 27.4 Å². The zero-order chi connectivity index (χ0) is 12.9. The van der Waals surface area contributed by atoms with E-state index in [4.69, 9.17) is 0 Å². The second-order valence-electron chi connectivity index (χ2n) is 3.23. The normalized spacial score (nSPS) is 11.6. The molecule has 0 atom stereocenters. The Labute approximate surface area is 119 Å². The van der Waals surface area contributed by atoms with E-state index in [1.807, 2.05) is 0 Å². The van der Waals surface area contributed by atoms with E-state index in [2.05, 4.69) is 27.2 Å². The number of aryl methyl sites for hydroxylation is 1. The first-order valence-electron chi connectivity index (χ1n) is 4.91. The van der Waals surface area contributed by atoms with E-state index < -0.39 is 10.0 Å². The number of thiophene rings is 1. The lowest BCUT2D eigenvalue weighted by Crippen LogP contribution is -2.26. The summed E-state index contributed by atoms with van der Waals surface area (Å²) >= 11 is 6.36. The van der Waals surface area contributed by atoms with Gasteiger partial charge in [-0.3, -0.25) is 0 Å². The molecule has 1 aromatic heterocycles. The Hall–Kier alpha value is 0.180. The molecule has 0 fully saturated rings. The minimum atomic E-state index is -3.37. The average Bonchev–Trinajstić information content (AvgIpc) is 2.58. The number of hydrogen-bond donors (Lipinski definition) is 1. The lowest BCUT2D eigenvalue weighted by Gasteiger charge is -2.05. The van der Waals surface area contributed by atoms with Gasteiger partial charge < -0.3 is 0 Å². The van der Waals surface area contributed by atoms with Gasteiger partial charge in [0.2, 0.25) is 10.0 Å². The Morgan fingerprint density at radius 3 is 2.88 bits per heavy atom. The number of nitrogens with one attached hydrogen (secondary N) is 1. The predicted octanol–water partition coefficient (Wildman–Crippen LogP) is 3.02. The van der Waals surface area contributed by atoms with Crippen LogP contribution < -0.4 is 4.72 Å². The Bertz CT molecular complexity index is 482. The molecule has 7 heteroatoms. The predicted molar refractivity (Wildman–Crippen MR) is 79.5 cm³/mol. The second-order valence-corrected chi connectivity index (χ2v) is 8.75. The van der Waals surface area contributed by atoms with Crippen molar-refractivity contribution in [3.8, 4) is 0 Å². The molecule has 0 aliphatic carbocycles. The highest BCUT2D eigenvalue weighted by Crippen LogP contribution is 2.29. The lowest BCUT2D eigenvalue weighted by molar-refractivity contribution is 0.584. The van der Waals surface area contributed by atoms with Gasteiger partial charge in [0.15, 0.2) is 0 Å². The van der Waals surface area contributed by atoms with Crippen LogP contribution in [0.1, 0.15) is 4.88 Å². The van der Waals surface area contributed by atoms with Crippen molar-refractivity contribution in [2.24, 2.45) is 0 Å². The van der Waals surface area contributed by atoms with Crippen LogP contribution >= 0.6 is 39.0 Å². The molecule has 0 aromatic carbocycles. The van der Waals surface area contributed by atoms with Crippen LogP contribution in [-0.2, 0) is 10.0 Å². The summed E-state index contributed by atoms with van der Waals surface area (Å²) in [6.07, 6.45) is 1.80. The highest BCUT2D eigenvalue weighted by Gasteiger charge is 2.18. The Kier molecular flexibility index (Phi) is 6.22. The van der Waals surface area contributed by atoms with Crippen LogP contribution in [0.5, 0.6) is 0 Å². The third kappa shape index (κ3) is 4.75. The Morgan fingerprint density at radius 1 is 1.65 bits per heavy atom. The van der Waals surface area contributed by atoms with Gasteiger partial charge in [0, 0.05) is 22.9 Å². The zero-order valence-electron chi connectivity index (χ0n) is 9.40. The summed E-state index contributed by atoms with van der Waals surface area (Å²) in [5, 5.41) is 0. The minimum absolute atomic E-state index is 0.364. The zero-order valence-corrected chi connectivity index (χ0v) is 13.4. The molecule has 0 unspecified atom stereocenters. The third-order valence-corrected chi connectivity index (χ3v) is 6.14. The molecule has 17 heavy (non-hydrogen) atoms. The highest BCUT2D eigenvalue weighted by molar-refractivity contribution is 9.11. The fraction of sp³-hybridized carbons (Fsp3) is 0.400. The summed E-state index contributed by atoms with van der Waals surface area (Å²) < 4.78 is 27.3. The van der Waals surface area contributed by atoms with Crippen LogP contribution in [0.3, 0.4) is 0 Å². The number of hydrogen-bond acceptors (Lipinski definition) is 4. The van der Waals surface area contributed by atoms with Gasteiger partial charge >= 0.3 is 0 Å². The van der Waals surface area contributed by atoms with Gasteiger partial charge in [-0.05, 0) is 28.9 Å². The largest absolute Gasteiger partial charge is 0.241 e. The molecular formula is C10H14BrNO2S3. The molecule has 1 N–H and O–H groups in total. The molecule has 0 amide bonds. The van der Waals surface area contributed by atoms with E-state index in [1.54, 1.807) is 30.8 Å². The smallest absolute Gasteiger partial charge is 0.210 e. The summed E-state index contributed by atoms with van der Waals surface area (Å²) in [5.41, 5.74) is 0. The first-order valence-corrected chi connectivity index (χ1v) is 9.16. The maximum atomic E-state index is 11.9. The summed E-state index contributed by atoms with van der Waals surface area (Å²) in [6, 6.07) is 1.64. The number of thioether (sulfide) groups is 1. The van der Waals surface area contributed by atoms with Crippen molar-refractivity contribution in [1.29, 1.82) is 0 Å². The van der Waals surface area contributed by atoms with Crippen LogP contribution in [0, 0.1) is 6.92 Å². The second kappa shape index (κ2) is 6.94. The number of rotatable bonds is 7. The molecule has 0 saturated heterocycles. The minimum Gasteiger partial charge on any atom is -0.210 e. The molecule has 0 saturated carbocycles. The van der Waals surface area contributed by atoms with Crippen molar-refractivity contribution >= 4 is 49.1 Å². The molecule has 0 spiro atoms. The maximum Gasteiger partial charge on any atom is 0.241 e. The molecule has 0 radical (unpaired) electrons. The molecule has 1 aromatic rings. The quantitative estimate of drug-likeness (QED) is 0.603. The molecule has 1 heterocycles. The van der Waals surface area contributed by atoms with Crippen LogP contribution in [0.4, 0.5) is 0 Å². The summed E-state index contributed by atoms with van der Waals surface area (Å²) in [4.78, 5) is 1.16. The molecule has 1 rings (SSSR count). The van der Waals surface area contributed by atoms with Crippen molar-refractivity contribution in [3.05, 3.63) is 27.4 Å². The average molecular weight is 356 g/mol. The van der Waals surface area contributed by atoms with Crippen molar-refractivity contribution in [3.63, 3.8) is 0 Å². The van der Waals surface area contributed by atoms with E-state index in [0.717, 1.165) is 20.2 Å². The standard InChI is InChI=1S/C10H14BrNO2S3/c1-3-5-15-6-4-12-17(13,14)9-7-10(11)16-8(9)2/h3,7,12H,1,4-6H2,2H3.